The highest BCUT2D eigenvalue weighted by molar-refractivity contribution is 4.52. The van der Waals surface area contributed by atoms with E-state index in [0.29, 0.717) is 6.10 Å². The highest BCUT2D eigenvalue weighted by Crippen LogP contribution is 2.06. The molecule has 0 saturated carbocycles. The third-order valence-electron chi connectivity index (χ3n) is 2.70. The van der Waals surface area contributed by atoms with Crippen LogP contribution >= 0.6 is 0 Å². The molecule has 1 N–H and O–H groups in total. The Morgan fingerprint density at radius 2 is 1.73 bits per heavy atom. The minimum absolute atomic E-state index is 0.410. The van der Waals surface area contributed by atoms with Gasteiger partial charge in [-0.15, -0.1) is 0 Å². The number of unbranched alkanes of at least 4 members (excludes halogenated alkanes) is 5. The van der Waals surface area contributed by atoms with Gasteiger partial charge in [-0.05, 0) is 33.4 Å². The first-order valence-corrected chi connectivity index (χ1v) is 6.57. The molecule has 1 atom stereocenters. The molecule has 0 radical (unpaired) electrons. The first-order valence-electron chi connectivity index (χ1n) is 6.57. The van der Waals surface area contributed by atoms with Crippen LogP contribution in [0.4, 0.5) is 0 Å². The van der Waals surface area contributed by atoms with Crippen molar-refractivity contribution in [3.05, 3.63) is 0 Å². The summed E-state index contributed by atoms with van der Waals surface area (Å²) in [6.45, 7) is 6.41. The fraction of sp³-hybridized carbons (Fsp3) is 1.00. The van der Waals surface area contributed by atoms with Crippen LogP contribution in [0.15, 0.2) is 0 Å². The zero-order valence-electron chi connectivity index (χ0n) is 10.8. The van der Waals surface area contributed by atoms with E-state index in [0.717, 1.165) is 19.6 Å². The predicted molar refractivity (Wildman–Crippen MR) is 67.3 cm³/mol. The minimum Gasteiger partial charge on any atom is -0.378 e. The van der Waals surface area contributed by atoms with Gasteiger partial charge in [-0.1, -0.05) is 39.0 Å². The van der Waals surface area contributed by atoms with E-state index < -0.39 is 0 Å². The van der Waals surface area contributed by atoms with Gasteiger partial charge in [0.15, 0.2) is 0 Å². The van der Waals surface area contributed by atoms with Crippen molar-refractivity contribution in [2.45, 2.75) is 64.9 Å². The second kappa shape index (κ2) is 12.0. The van der Waals surface area contributed by atoms with E-state index in [1.807, 2.05) is 7.05 Å². The summed E-state index contributed by atoms with van der Waals surface area (Å²) in [6.07, 6.45) is 9.58. The van der Waals surface area contributed by atoms with Crippen molar-refractivity contribution in [2.24, 2.45) is 0 Å². The first-order chi connectivity index (χ1) is 7.31. The van der Waals surface area contributed by atoms with Gasteiger partial charge in [0.2, 0.25) is 0 Å². The van der Waals surface area contributed by atoms with E-state index in [9.17, 15) is 0 Å². The molecule has 0 bridgehead atoms. The highest BCUT2D eigenvalue weighted by Gasteiger charge is 2.00. The number of hydrogen-bond acceptors (Lipinski definition) is 2. The van der Waals surface area contributed by atoms with Crippen LogP contribution < -0.4 is 5.32 Å². The van der Waals surface area contributed by atoms with Gasteiger partial charge in [0, 0.05) is 6.61 Å². The largest absolute Gasteiger partial charge is 0.378 e. The van der Waals surface area contributed by atoms with Gasteiger partial charge in [0.1, 0.15) is 0 Å². The molecule has 0 amide bonds. The maximum atomic E-state index is 5.71. The summed E-state index contributed by atoms with van der Waals surface area (Å²) in [5.74, 6) is 0. The Morgan fingerprint density at radius 3 is 2.40 bits per heavy atom. The summed E-state index contributed by atoms with van der Waals surface area (Å²) >= 11 is 0. The third-order valence-corrected chi connectivity index (χ3v) is 2.70. The van der Waals surface area contributed by atoms with Crippen LogP contribution in [0.1, 0.15) is 58.8 Å². The van der Waals surface area contributed by atoms with Crippen molar-refractivity contribution in [2.75, 3.05) is 20.2 Å². The first kappa shape index (κ1) is 14.9. The fourth-order valence-electron chi connectivity index (χ4n) is 1.60. The van der Waals surface area contributed by atoms with E-state index >= 15 is 0 Å². The predicted octanol–water partition coefficient (Wildman–Crippen LogP) is 3.36. The summed E-state index contributed by atoms with van der Waals surface area (Å²) in [6, 6.07) is 0. The van der Waals surface area contributed by atoms with Gasteiger partial charge in [0.25, 0.3) is 0 Å². The summed E-state index contributed by atoms with van der Waals surface area (Å²) in [4.78, 5) is 0. The average molecular weight is 215 g/mol. The molecule has 2 heteroatoms. The van der Waals surface area contributed by atoms with Gasteiger partial charge in [-0.3, -0.25) is 0 Å². The molecule has 0 aliphatic heterocycles. The van der Waals surface area contributed by atoms with Crippen molar-refractivity contribution in [3.8, 4) is 0 Å². The maximum Gasteiger partial charge on any atom is 0.0559 e. The monoisotopic (exact) mass is 215 g/mol. The summed E-state index contributed by atoms with van der Waals surface area (Å²) in [5.41, 5.74) is 0. The van der Waals surface area contributed by atoms with Crippen molar-refractivity contribution < 1.29 is 4.74 Å². The van der Waals surface area contributed by atoms with Gasteiger partial charge in [0.05, 0.1) is 6.10 Å². The van der Waals surface area contributed by atoms with Crippen LogP contribution in [0.25, 0.3) is 0 Å². The number of rotatable bonds is 11. The molecule has 0 spiro atoms. The lowest BCUT2D eigenvalue weighted by atomic mass is 10.1. The van der Waals surface area contributed by atoms with E-state index in [2.05, 4.69) is 19.2 Å². The van der Waals surface area contributed by atoms with E-state index in [1.165, 1.54) is 38.5 Å². The molecular weight excluding hydrogens is 186 g/mol. The second-order valence-corrected chi connectivity index (χ2v) is 4.34. The van der Waals surface area contributed by atoms with E-state index in [-0.39, 0.29) is 0 Å². The molecule has 0 aromatic carbocycles. The number of nitrogens with one attached hydrogen (secondary N) is 1. The molecule has 0 heterocycles. The van der Waals surface area contributed by atoms with Crippen LogP contribution in [-0.2, 0) is 4.74 Å². The Bertz CT molecular complexity index is 117. The maximum absolute atomic E-state index is 5.71. The average Bonchev–Trinajstić information content (AvgIpc) is 2.25. The molecule has 0 aromatic heterocycles. The highest BCUT2D eigenvalue weighted by atomic mass is 16.5. The van der Waals surface area contributed by atoms with Crippen molar-refractivity contribution in [1.29, 1.82) is 0 Å². The topological polar surface area (TPSA) is 21.3 Å². The molecular formula is C13H29NO. The molecule has 0 aliphatic rings. The smallest absolute Gasteiger partial charge is 0.0559 e. The molecule has 2 nitrogen and oxygen atoms in total. The van der Waals surface area contributed by atoms with Crippen molar-refractivity contribution in [1.82, 2.24) is 5.32 Å². The SMILES string of the molecule is CCCCCCCCOC(C)CCNC. The number of hydrogen-bond donors (Lipinski definition) is 1. The lowest BCUT2D eigenvalue weighted by Gasteiger charge is -2.12. The molecule has 15 heavy (non-hydrogen) atoms. The quantitative estimate of drug-likeness (QED) is 0.534. The Kier molecular flexibility index (Phi) is 11.9. The molecule has 0 aromatic rings. The van der Waals surface area contributed by atoms with Crippen LogP contribution in [-0.4, -0.2) is 26.3 Å². The fourth-order valence-corrected chi connectivity index (χ4v) is 1.60. The second-order valence-electron chi connectivity index (χ2n) is 4.34. The molecule has 0 rings (SSSR count). The Morgan fingerprint density at radius 1 is 1.07 bits per heavy atom. The van der Waals surface area contributed by atoms with E-state index in [1.54, 1.807) is 0 Å². The number of ether oxygens (including phenoxy) is 1. The minimum atomic E-state index is 0.410. The molecule has 0 saturated heterocycles. The Balaban J connectivity index is 3.02. The zero-order valence-corrected chi connectivity index (χ0v) is 10.8. The van der Waals surface area contributed by atoms with E-state index in [4.69, 9.17) is 4.74 Å². The summed E-state index contributed by atoms with van der Waals surface area (Å²) in [5, 5.41) is 3.14. The van der Waals surface area contributed by atoms with Gasteiger partial charge < -0.3 is 10.1 Å². The Hall–Kier alpha value is -0.0800. The van der Waals surface area contributed by atoms with Crippen molar-refractivity contribution in [3.63, 3.8) is 0 Å². The van der Waals surface area contributed by atoms with Gasteiger partial charge in [-0.2, -0.15) is 0 Å². The lowest BCUT2D eigenvalue weighted by Crippen LogP contribution is -2.17. The van der Waals surface area contributed by atoms with Crippen molar-refractivity contribution >= 4 is 0 Å². The molecule has 92 valence electrons. The molecule has 1 unspecified atom stereocenters. The van der Waals surface area contributed by atoms with Crippen LogP contribution in [0, 0.1) is 0 Å². The molecule has 0 fully saturated rings. The Labute approximate surface area is 95.8 Å². The third kappa shape index (κ3) is 11.8. The van der Waals surface area contributed by atoms with Gasteiger partial charge in [-0.25, -0.2) is 0 Å². The standard InChI is InChI=1S/C13H29NO/c1-4-5-6-7-8-9-12-15-13(2)10-11-14-3/h13-14H,4-12H2,1-3H3. The summed E-state index contributed by atoms with van der Waals surface area (Å²) in [7, 11) is 1.99. The van der Waals surface area contributed by atoms with Crippen LogP contribution in [0.5, 0.6) is 0 Å². The van der Waals surface area contributed by atoms with Crippen LogP contribution in [0.3, 0.4) is 0 Å². The molecule has 0 aliphatic carbocycles. The van der Waals surface area contributed by atoms with Crippen LogP contribution in [0.2, 0.25) is 0 Å². The summed E-state index contributed by atoms with van der Waals surface area (Å²) < 4.78 is 5.71. The lowest BCUT2D eigenvalue weighted by molar-refractivity contribution is 0.0580. The zero-order chi connectivity index (χ0) is 11.4. The van der Waals surface area contributed by atoms with Gasteiger partial charge >= 0.3 is 0 Å². The normalized spacial score (nSPS) is 13.0.